The second-order valence-corrected chi connectivity index (χ2v) is 5.93. The van der Waals surface area contributed by atoms with Crippen molar-refractivity contribution in [2.75, 3.05) is 0 Å². The fourth-order valence-corrected chi connectivity index (χ4v) is 2.17. The van der Waals surface area contributed by atoms with E-state index < -0.39 is 0 Å². The zero-order valence-corrected chi connectivity index (χ0v) is 12.2. The Balaban J connectivity index is 1.60. The van der Waals surface area contributed by atoms with Gasteiger partial charge in [0.2, 0.25) is 0 Å². The van der Waals surface area contributed by atoms with E-state index in [1.807, 2.05) is 10.9 Å². The van der Waals surface area contributed by atoms with Crippen LogP contribution in [0.2, 0.25) is 0 Å². The van der Waals surface area contributed by atoms with Crippen LogP contribution in [0.4, 0.5) is 0 Å². The maximum Gasteiger partial charge on any atom is 0.0965 e. The first-order chi connectivity index (χ1) is 8.79. The maximum absolute atomic E-state index is 4.18. The minimum Gasteiger partial charge on any atom is -0.308 e. The zero-order chi connectivity index (χ0) is 12.4. The minimum atomic E-state index is 0.714. The van der Waals surface area contributed by atoms with Crippen LogP contribution in [0.3, 0.4) is 0 Å². The topological polar surface area (TPSA) is 42.7 Å². The second kappa shape index (κ2) is 5.36. The molecular weight excluding hydrogens is 339 g/mol. The highest BCUT2D eigenvalue weighted by atomic mass is 127. The van der Waals surface area contributed by atoms with Gasteiger partial charge in [0.05, 0.1) is 18.4 Å². The predicted molar refractivity (Wildman–Crippen MR) is 78.1 cm³/mol. The molecule has 1 aromatic carbocycles. The third-order valence-electron chi connectivity index (χ3n) is 2.99. The van der Waals surface area contributed by atoms with E-state index in [0.29, 0.717) is 6.04 Å². The third-order valence-corrected chi connectivity index (χ3v) is 3.71. The van der Waals surface area contributed by atoms with Crippen molar-refractivity contribution in [3.05, 3.63) is 45.3 Å². The Kier molecular flexibility index (Phi) is 3.60. The molecule has 1 heterocycles. The van der Waals surface area contributed by atoms with Gasteiger partial charge in [-0.1, -0.05) is 17.3 Å². The van der Waals surface area contributed by atoms with Gasteiger partial charge in [-0.05, 0) is 53.1 Å². The summed E-state index contributed by atoms with van der Waals surface area (Å²) in [6.07, 6.45) is 4.63. The monoisotopic (exact) mass is 354 g/mol. The highest BCUT2D eigenvalue weighted by Gasteiger charge is 2.20. The average Bonchev–Trinajstić information content (AvgIpc) is 3.10. The van der Waals surface area contributed by atoms with Crippen molar-refractivity contribution in [3.8, 4) is 0 Å². The lowest BCUT2D eigenvalue weighted by molar-refractivity contribution is 0.646. The molecule has 0 spiro atoms. The first-order valence-corrected chi connectivity index (χ1v) is 7.24. The lowest BCUT2D eigenvalue weighted by atomic mass is 10.2. The van der Waals surface area contributed by atoms with Gasteiger partial charge in [0.1, 0.15) is 0 Å². The zero-order valence-electron chi connectivity index (χ0n) is 10.0. The van der Waals surface area contributed by atoms with Crippen molar-refractivity contribution < 1.29 is 0 Å². The number of hydrogen-bond donors (Lipinski definition) is 1. The van der Waals surface area contributed by atoms with Crippen molar-refractivity contribution in [3.63, 3.8) is 0 Å². The predicted octanol–water partition coefficient (Wildman–Crippen LogP) is 2.18. The molecular formula is C13H15IN4. The quantitative estimate of drug-likeness (QED) is 0.837. The fourth-order valence-electron chi connectivity index (χ4n) is 1.81. The van der Waals surface area contributed by atoms with Gasteiger partial charge in [-0.25, -0.2) is 4.68 Å². The van der Waals surface area contributed by atoms with Crippen LogP contribution in [0.5, 0.6) is 0 Å². The van der Waals surface area contributed by atoms with E-state index in [-0.39, 0.29) is 0 Å². The van der Waals surface area contributed by atoms with E-state index >= 15 is 0 Å². The molecule has 1 fully saturated rings. The molecule has 0 bridgehead atoms. The highest BCUT2D eigenvalue weighted by Crippen LogP contribution is 2.18. The molecule has 0 unspecified atom stereocenters. The summed E-state index contributed by atoms with van der Waals surface area (Å²) in [6, 6.07) is 9.20. The molecule has 18 heavy (non-hydrogen) atoms. The van der Waals surface area contributed by atoms with Crippen LogP contribution in [0.25, 0.3) is 0 Å². The van der Waals surface area contributed by atoms with Gasteiger partial charge in [-0.2, -0.15) is 0 Å². The van der Waals surface area contributed by atoms with Gasteiger partial charge in [-0.15, -0.1) is 5.10 Å². The number of nitrogens with zero attached hydrogens (tertiary/aromatic N) is 3. The van der Waals surface area contributed by atoms with Crippen molar-refractivity contribution >= 4 is 22.6 Å². The third kappa shape index (κ3) is 3.29. The molecule has 1 aliphatic carbocycles. The van der Waals surface area contributed by atoms with Crippen molar-refractivity contribution in [1.82, 2.24) is 20.3 Å². The molecule has 0 atom stereocenters. The van der Waals surface area contributed by atoms with Crippen molar-refractivity contribution in [2.24, 2.45) is 0 Å². The van der Waals surface area contributed by atoms with Gasteiger partial charge >= 0.3 is 0 Å². The summed E-state index contributed by atoms with van der Waals surface area (Å²) in [5.41, 5.74) is 2.27. The summed E-state index contributed by atoms with van der Waals surface area (Å²) in [6.45, 7) is 1.62. The van der Waals surface area contributed by atoms with Gasteiger partial charge in [0.15, 0.2) is 0 Å². The molecule has 1 N–H and O–H groups in total. The lowest BCUT2D eigenvalue weighted by Gasteiger charge is -2.00. The number of aromatic nitrogens is 3. The van der Waals surface area contributed by atoms with E-state index in [1.54, 1.807) is 0 Å². The summed E-state index contributed by atoms with van der Waals surface area (Å²) in [7, 11) is 0. The van der Waals surface area contributed by atoms with Crippen LogP contribution in [0.15, 0.2) is 30.5 Å². The molecule has 1 saturated carbocycles. The number of benzene rings is 1. The van der Waals surface area contributed by atoms with Gasteiger partial charge in [-0.3, -0.25) is 0 Å². The van der Waals surface area contributed by atoms with Gasteiger partial charge in [0, 0.05) is 16.2 Å². The SMILES string of the molecule is Ic1ccc(Cn2cc(CNC3CC3)nn2)cc1. The first kappa shape index (κ1) is 12.1. The van der Waals surface area contributed by atoms with Crippen LogP contribution < -0.4 is 5.32 Å². The summed E-state index contributed by atoms with van der Waals surface area (Å²) in [5, 5.41) is 11.8. The normalized spacial score (nSPS) is 14.9. The minimum absolute atomic E-state index is 0.714. The smallest absolute Gasteiger partial charge is 0.0965 e. The summed E-state index contributed by atoms with van der Waals surface area (Å²) in [4.78, 5) is 0. The number of rotatable bonds is 5. The molecule has 2 aromatic rings. The molecule has 0 aliphatic heterocycles. The number of halogens is 1. The van der Waals surface area contributed by atoms with Crippen LogP contribution in [0, 0.1) is 3.57 Å². The van der Waals surface area contributed by atoms with Crippen molar-refractivity contribution in [2.45, 2.75) is 32.0 Å². The standard InChI is InChI=1S/C13H15IN4/c14-11-3-1-10(2-4-11)8-18-9-13(16-17-18)7-15-12-5-6-12/h1-4,9,12,15H,5-8H2. The lowest BCUT2D eigenvalue weighted by Crippen LogP contribution is -2.15. The maximum atomic E-state index is 4.18. The summed E-state index contributed by atoms with van der Waals surface area (Å²) >= 11 is 2.31. The second-order valence-electron chi connectivity index (χ2n) is 4.69. The molecule has 4 nitrogen and oxygen atoms in total. The van der Waals surface area contributed by atoms with Crippen LogP contribution in [0.1, 0.15) is 24.1 Å². The Labute approximate surface area is 120 Å². The molecule has 94 valence electrons. The summed E-state index contributed by atoms with van der Waals surface area (Å²) < 4.78 is 3.15. The van der Waals surface area contributed by atoms with Crippen LogP contribution in [-0.4, -0.2) is 21.0 Å². The first-order valence-electron chi connectivity index (χ1n) is 6.16. The molecule has 0 saturated heterocycles. The number of hydrogen-bond acceptors (Lipinski definition) is 3. The Morgan fingerprint density at radius 1 is 1.28 bits per heavy atom. The molecule has 5 heteroatoms. The Morgan fingerprint density at radius 3 is 2.78 bits per heavy atom. The molecule has 3 rings (SSSR count). The van der Waals surface area contributed by atoms with E-state index in [0.717, 1.165) is 18.8 Å². The molecule has 0 radical (unpaired) electrons. The Morgan fingerprint density at radius 2 is 2.06 bits per heavy atom. The summed E-state index contributed by atoms with van der Waals surface area (Å²) in [5.74, 6) is 0. The van der Waals surface area contributed by atoms with Gasteiger partial charge in [0.25, 0.3) is 0 Å². The van der Waals surface area contributed by atoms with Crippen LogP contribution >= 0.6 is 22.6 Å². The van der Waals surface area contributed by atoms with E-state index in [2.05, 4.69) is 62.5 Å². The Hall–Kier alpha value is -0.950. The molecule has 1 aromatic heterocycles. The van der Waals surface area contributed by atoms with E-state index in [1.165, 1.54) is 22.0 Å². The van der Waals surface area contributed by atoms with E-state index in [9.17, 15) is 0 Å². The van der Waals surface area contributed by atoms with E-state index in [4.69, 9.17) is 0 Å². The van der Waals surface area contributed by atoms with Gasteiger partial charge < -0.3 is 5.32 Å². The average molecular weight is 354 g/mol. The van der Waals surface area contributed by atoms with Crippen LogP contribution in [-0.2, 0) is 13.1 Å². The van der Waals surface area contributed by atoms with Crippen molar-refractivity contribution in [1.29, 1.82) is 0 Å². The molecule has 1 aliphatic rings. The fraction of sp³-hybridized carbons (Fsp3) is 0.385. The largest absolute Gasteiger partial charge is 0.308 e. The Bertz CT molecular complexity index is 516. The number of nitrogens with one attached hydrogen (secondary N) is 1. The highest BCUT2D eigenvalue weighted by molar-refractivity contribution is 14.1. The molecule has 0 amide bonds.